The predicted octanol–water partition coefficient (Wildman–Crippen LogP) is 3.52. The quantitative estimate of drug-likeness (QED) is 0.545. The number of piperidine rings is 1. The molecular weight excluding hydrogens is 426 g/mol. The Kier molecular flexibility index (Phi) is 8.42. The molecule has 0 atom stereocenters. The van der Waals surface area contributed by atoms with Gasteiger partial charge in [-0.2, -0.15) is 0 Å². The zero-order valence-corrected chi connectivity index (χ0v) is 21.4. The third-order valence-electron chi connectivity index (χ3n) is 8.09. The van der Waals surface area contributed by atoms with Crippen molar-refractivity contribution in [2.75, 3.05) is 33.2 Å². The van der Waals surface area contributed by atoms with Gasteiger partial charge in [0.25, 0.3) is 0 Å². The van der Waals surface area contributed by atoms with Crippen LogP contribution in [0.3, 0.4) is 0 Å². The van der Waals surface area contributed by atoms with Crippen LogP contribution in [0.25, 0.3) is 0 Å². The molecule has 1 amide bonds. The van der Waals surface area contributed by atoms with E-state index in [1.165, 1.54) is 45.2 Å². The number of hydrogen-bond donors (Lipinski definition) is 1. The van der Waals surface area contributed by atoms with Gasteiger partial charge in [0.2, 0.25) is 5.91 Å². The van der Waals surface area contributed by atoms with E-state index in [2.05, 4.69) is 55.1 Å². The minimum absolute atomic E-state index is 0.330. The van der Waals surface area contributed by atoms with Gasteiger partial charge >= 0.3 is 0 Å². The van der Waals surface area contributed by atoms with Crippen LogP contribution in [-0.4, -0.2) is 79.4 Å². The summed E-state index contributed by atoms with van der Waals surface area (Å²) in [4.78, 5) is 32.0. The molecule has 4 rings (SSSR count). The summed E-state index contributed by atoms with van der Waals surface area (Å²) in [5, 5.41) is 0. The Hall–Kier alpha value is -2.19. The Labute approximate surface area is 204 Å². The monoisotopic (exact) mass is 469 g/mol. The molecule has 188 valence electrons. The van der Waals surface area contributed by atoms with Crippen molar-refractivity contribution in [3.05, 3.63) is 36.4 Å². The lowest BCUT2D eigenvalue weighted by atomic mass is 9.77. The molecule has 2 aromatic rings. The fourth-order valence-corrected chi connectivity index (χ4v) is 5.92. The molecule has 34 heavy (non-hydrogen) atoms. The van der Waals surface area contributed by atoms with Gasteiger partial charge in [-0.3, -0.25) is 9.69 Å². The number of imidazole rings is 2. The highest BCUT2D eigenvalue weighted by Gasteiger charge is 2.42. The van der Waals surface area contributed by atoms with E-state index >= 15 is 0 Å². The molecular formula is C26H43N7O. The van der Waals surface area contributed by atoms with E-state index in [4.69, 9.17) is 0 Å². The number of aryl methyl sites for hydroxylation is 1. The fraction of sp³-hybridized carbons (Fsp3) is 0.731. The third-order valence-corrected chi connectivity index (χ3v) is 8.09. The standard InChI is InChI=1S/C26H43N7O/c1-4-22(5-2)31-15-8-26(9-16-31)10-17-33(21-26)25(34)7-6-14-32-18-13-29-24(32)20-30(3)19-23-27-11-12-28-23/h11-13,18,22H,4-10,14-17,19-21H2,1-3H3,(H,27,28). The third kappa shape index (κ3) is 6.08. The van der Waals surface area contributed by atoms with E-state index in [9.17, 15) is 4.79 Å². The van der Waals surface area contributed by atoms with Crippen LogP contribution in [-0.2, 0) is 24.4 Å². The molecule has 8 heteroatoms. The highest BCUT2D eigenvalue weighted by atomic mass is 16.2. The van der Waals surface area contributed by atoms with Crippen molar-refractivity contribution in [3.8, 4) is 0 Å². The van der Waals surface area contributed by atoms with Crippen LogP contribution in [0.1, 0.15) is 70.4 Å². The van der Waals surface area contributed by atoms with E-state index in [-0.39, 0.29) is 0 Å². The van der Waals surface area contributed by atoms with Crippen molar-refractivity contribution in [1.29, 1.82) is 0 Å². The lowest BCUT2D eigenvalue weighted by Gasteiger charge is -2.42. The fourth-order valence-electron chi connectivity index (χ4n) is 5.92. The lowest BCUT2D eigenvalue weighted by molar-refractivity contribution is -0.130. The summed E-state index contributed by atoms with van der Waals surface area (Å²) in [5.41, 5.74) is 0.369. The number of H-pyrrole nitrogens is 1. The number of aromatic amines is 1. The van der Waals surface area contributed by atoms with E-state index in [0.717, 1.165) is 56.8 Å². The Morgan fingerprint density at radius 3 is 2.59 bits per heavy atom. The average Bonchev–Trinajstić information content (AvgIpc) is 3.59. The zero-order chi connectivity index (χ0) is 24.0. The van der Waals surface area contributed by atoms with Gasteiger partial charge < -0.3 is 19.4 Å². The Balaban J connectivity index is 1.19. The molecule has 0 bridgehead atoms. The number of amides is 1. The number of rotatable bonds is 11. The maximum absolute atomic E-state index is 13.0. The summed E-state index contributed by atoms with van der Waals surface area (Å²) in [6, 6.07) is 0.731. The van der Waals surface area contributed by atoms with Crippen molar-refractivity contribution in [1.82, 2.24) is 34.2 Å². The highest BCUT2D eigenvalue weighted by Crippen LogP contribution is 2.41. The minimum Gasteiger partial charge on any atom is -0.348 e. The van der Waals surface area contributed by atoms with E-state index in [0.29, 0.717) is 17.7 Å². The Morgan fingerprint density at radius 1 is 1.12 bits per heavy atom. The second-order valence-electron chi connectivity index (χ2n) is 10.4. The molecule has 1 N–H and O–H groups in total. The first-order chi connectivity index (χ1) is 16.5. The Morgan fingerprint density at radius 2 is 1.88 bits per heavy atom. The van der Waals surface area contributed by atoms with Gasteiger partial charge in [-0.1, -0.05) is 13.8 Å². The maximum Gasteiger partial charge on any atom is 0.222 e. The van der Waals surface area contributed by atoms with Crippen molar-refractivity contribution in [2.45, 2.75) is 84.5 Å². The van der Waals surface area contributed by atoms with Crippen molar-refractivity contribution in [3.63, 3.8) is 0 Å². The zero-order valence-electron chi connectivity index (χ0n) is 21.4. The van der Waals surface area contributed by atoms with Gasteiger partial charge in [0.05, 0.1) is 13.1 Å². The number of carbonyl (C=O) groups is 1. The Bertz CT molecular complexity index is 881. The van der Waals surface area contributed by atoms with E-state index in [1.54, 1.807) is 6.20 Å². The number of nitrogens with one attached hydrogen (secondary N) is 1. The first-order valence-corrected chi connectivity index (χ1v) is 13.2. The molecule has 0 unspecified atom stereocenters. The molecule has 0 saturated carbocycles. The largest absolute Gasteiger partial charge is 0.348 e. The predicted molar refractivity (Wildman–Crippen MR) is 134 cm³/mol. The van der Waals surface area contributed by atoms with Gasteiger partial charge in [0.1, 0.15) is 11.6 Å². The minimum atomic E-state index is 0.330. The number of aromatic nitrogens is 4. The molecule has 2 fully saturated rings. The SMILES string of the molecule is CCC(CC)N1CCC2(CCN(C(=O)CCCn3ccnc3CN(C)Cc3ncc[nH]3)C2)CC1. The molecule has 2 saturated heterocycles. The molecule has 2 aliphatic rings. The second-order valence-corrected chi connectivity index (χ2v) is 10.4. The van der Waals surface area contributed by atoms with Crippen LogP contribution in [0.5, 0.6) is 0 Å². The smallest absolute Gasteiger partial charge is 0.222 e. The van der Waals surface area contributed by atoms with Gasteiger partial charge in [-0.15, -0.1) is 0 Å². The van der Waals surface area contributed by atoms with Gasteiger partial charge in [-0.05, 0) is 64.1 Å². The van der Waals surface area contributed by atoms with Crippen LogP contribution in [0.4, 0.5) is 0 Å². The number of nitrogens with zero attached hydrogens (tertiary/aromatic N) is 6. The highest BCUT2D eigenvalue weighted by molar-refractivity contribution is 5.76. The maximum atomic E-state index is 13.0. The topological polar surface area (TPSA) is 73.3 Å². The normalized spacial score (nSPS) is 18.6. The number of likely N-dealkylation sites (tertiary alicyclic amines) is 2. The molecule has 0 radical (unpaired) electrons. The van der Waals surface area contributed by atoms with Gasteiger partial charge in [0.15, 0.2) is 0 Å². The first-order valence-electron chi connectivity index (χ1n) is 13.2. The second kappa shape index (κ2) is 11.5. The first kappa shape index (κ1) is 24.9. The summed E-state index contributed by atoms with van der Waals surface area (Å²) >= 11 is 0. The molecule has 4 heterocycles. The molecule has 8 nitrogen and oxygen atoms in total. The average molecular weight is 470 g/mol. The van der Waals surface area contributed by atoms with Gasteiger partial charge in [-0.25, -0.2) is 9.97 Å². The van der Waals surface area contributed by atoms with Crippen LogP contribution >= 0.6 is 0 Å². The summed E-state index contributed by atoms with van der Waals surface area (Å²) in [5.74, 6) is 2.32. The van der Waals surface area contributed by atoms with Crippen LogP contribution in [0, 0.1) is 5.41 Å². The summed E-state index contributed by atoms with van der Waals surface area (Å²) in [6.07, 6.45) is 15.2. The van der Waals surface area contributed by atoms with Crippen LogP contribution in [0.15, 0.2) is 24.8 Å². The van der Waals surface area contributed by atoms with Crippen LogP contribution < -0.4 is 0 Å². The summed E-state index contributed by atoms with van der Waals surface area (Å²) in [6.45, 7) is 11.3. The number of carbonyl (C=O) groups excluding carboxylic acids is 1. The molecule has 1 spiro atoms. The summed E-state index contributed by atoms with van der Waals surface area (Å²) < 4.78 is 2.19. The molecule has 2 aliphatic heterocycles. The molecule has 2 aromatic heterocycles. The van der Waals surface area contributed by atoms with E-state index < -0.39 is 0 Å². The van der Waals surface area contributed by atoms with E-state index in [1.807, 2.05) is 18.6 Å². The molecule has 0 aromatic carbocycles. The van der Waals surface area contributed by atoms with Gasteiger partial charge in [0, 0.05) is 56.9 Å². The van der Waals surface area contributed by atoms with Crippen molar-refractivity contribution >= 4 is 5.91 Å². The summed E-state index contributed by atoms with van der Waals surface area (Å²) in [7, 11) is 2.07. The molecule has 0 aliphatic carbocycles. The number of hydrogen-bond acceptors (Lipinski definition) is 5. The van der Waals surface area contributed by atoms with Crippen LogP contribution in [0.2, 0.25) is 0 Å². The van der Waals surface area contributed by atoms with Crippen molar-refractivity contribution in [2.24, 2.45) is 5.41 Å². The van der Waals surface area contributed by atoms with Crippen molar-refractivity contribution < 1.29 is 4.79 Å². The lowest BCUT2D eigenvalue weighted by Crippen LogP contribution is -2.46.